The Morgan fingerprint density at radius 3 is 2.53 bits per heavy atom. The van der Waals surface area contributed by atoms with E-state index < -0.39 is 36.3 Å². The van der Waals surface area contributed by atoms with Gasteiger partial charge in [-0.2, -0.15) is 0 Å². The van der Waals surface area contributed by atoms with Crippen LogP contribution in [-0.4, -0.2) is 34.9 Å². The second kappa shape index (κ2) is 6.64. The molecule has 0 fully saturated rings. The third-order valence-electron chi connectivity index (χ3n) is 2.24. The summed E-state index contributed by atoms with van der Waals surface area (Å²) in [5.74, 6) is -2.96. The maximum Gasteiger partial charge on any atom is 0.328 e. The Morgan fingerprint density at radius 1 is 1.32 bits per heavy atom. The molecule has 8 heteroatoms. The maximum atomic E-state index is 13.2. The van der Waals surface area contributed by atoms with Crippen LogP contribution in [0.1, 0.15) is 5.56 Å². The number of aliphatic hydroxyl groups is 1. The van der Waals surface area contributed by atoms with E-state index in [-0.39, 0.29) is 12.1 Å². The first kappa shape index (κ1) is 14.8. The van der Waals surface area contributed by atoms with Crippen molar-refractivity contribution in [2.45, 2.75) is 12.6 Å². The van der Waals surface area contributed by atoms with Gasteiger partial charge >= 0.3 is 12.0 Å². The van der Waals surface area contributed by atoms with Gasteiger partial charge in [-0.05, 0) is 6.07 Å². The van der Waals surface area contributed by atoms with E-state index in [1.54, 1.807) is 0 Å². The number of aliphatic hydroxyl groups excluding tert-OH is 1. The van der Waals surface area contributed by atoms with Gasteiger partial charge in [0.1, 0.15) is 11.6 Å². The van der Waals surface area contributed by atoms with Crippen molar-refractivity contribution in [2.24, 2.45) is 0 Å². The molecule has 0 heterocycles. The molecule has 0 aliphatic heterocycles. The van der Waals surface area contributed by atoms with Crippen LogP contribution in [0, 0.1) is 11.6 Å². The summed E-state index contributed by atoms with van der Waals surface area (Å²) in [4.78, 5) is 21.8. The number of carboxylic acid groups (broad SMARTS) is 1. The van der Waals surface area contributed by atoms with Crippen molar-refractivity contribution in [1.29, 1.82) is 0 Å². The molecule has 0 bridgehead atoms. The third-order valence-corrected chi connectivity index (χ3v) is 2.24. The zero-order chi connectivity index (χ0) is 14.4. The molecule has 1 aromatic rings. The fraction of sp³-hybridized carbons (Fsp3) is 0.273. The average molecular weight is 274 g/mol. The van der Waals surface area contributed by atoms with E-state index in [2.05, 4.69) is 5.32 Å². The predicted octanol–water partition coefficient (Wildman–Crippen LogP) is 0.210. The zero-order valence-corrected chi connectivity index (χ0v) is 9.69. The first-order valence-corrected chi connectivity index (χ1v) is 5.26. The lowest BCUT2D eigenvalue weighted by atomic mass is 10.2. The van der Waals surface area contributed by atoms with Crippen molar-refractivity contribution in [1.82, 2.24) is 10.6 Å². The van der Waals surface area contributed by atoms with Crippen LogP contribution in [-0.2, 0) is 11.3 Å². The number of benzene rings is 1. The van der Waals surface area contributed by atoms with Gasteiger partial charge in [0.25, 0.3) is 0 Å². The van der Waals surface area contributed by atoms with Crippen LogP contribution in [0.4, 0.5) is 13.6 Å². The molecular weight excluding hydrogens is 262 g/mol. The minimum Gasteiger partial charge on any atom is -0.480 e. The summed E-state index contributed by atoms with van der Waals surface area (Å²) in [6.45, 7) is -1.01. The SMILES string of the molecule is O=C(NCc1ccc(F)cc1F)N[C@@H](CO)C(=O)O. The second-order valence-corrected chi connectivity index (χ2v) is 3.64. The van der Waals surface area contributed by atoms with Crippen LogP contribution in [0.5, 0.6) is 0 Å². The number of nitrogens with one attached hydrogen (secondary N) is 2. The molecule has 0 radical (unpaired) electrons. The van der Waals surface area contributed by atoms with Crippen molar-refractivity contribution in [3.8, 4) is 0 Å². The summed E-state index contributed by atoms with van der Waals surface area (Å²) < 4.78 is 25.8. The number of hydrogen-bond acceptors (Lipinski definition) is 3. The Bertz CT molecular complexity index is 482. The number of carbonyl (C=O) groups excluding carboxylic acids is 1. The molecule has 0 spiro atoms. The number of urea groups is 1. The number of amides is 2. The summed E-state index contributed by atoms with van der Waals surface area (Å²) in [7, 11) is 0. The van der Waals surface area contributed by atoms with E-state index >= 15 is 0 Å². The minimum atomic E-state index is -1.45. The highest BCUT2D eigenvalue weighted by Crippen LogP contribution is 2.08. The van der Waals surface area contributed by atoms with E-state index in [4.69, 9.17) is 10.2 Å². The number of carbonyl (C=O) groups is 2. The molecule has 1 aromatic carbocycles. The Labute approximate surface area is 107 Å². The predicted molar refractivity (Wildman–Crippen MR) is 60.2 cm³/mol. The van der Waals surface area contributed by atoms with Crippen LogP contribution < -0.4 is 10.6 Å². The van der Waals surface area contributed by atoms with Crippen LogP contribution >= 0.6 is 0 Å². The van der Waals surface area contributed by atoms with Crippen molar-refractivity contribution in [3.63, 3.8) is 0 Å². The van der Waals surface area contributed by atoms with Crippen molar-refractivity contribution >= 4 is 12.0 Å². The van der Waals surface area contributed by atoms with E-state index in [1.165, 1.54) is 0 Å². The molecule has 0 saturated carbocycles. The summed E-state index contributed by atoms with van der Waals surface area (Å²) in [6, 6.07) is 0.531. The largest absolute Gasteiger partial charge is 0.480 e. The minimum absolute atomic E-state index is 0.0485. The molecule has 19 heavy (non-hydrogen) atoms. The Balaban J connectivity index is 2.52. The third kappa shape index (κ3) is 4.51. The van der Waals surface area contributed by atoms with E-state index in [0.29, 0.717) is 6.07 Å². The van der Waals surface area contributed by atoms with Crippen LogP contribution in [0.2, 0.25) is 0 Å². The van der Waals surface area contributed by atoms with Crippen LogP contribution in [0.3, 0.4) is 0 Å². The molecule has 0 unspecified atom stereocenters. The number of aliphatic carboxylic acids is 1. The van der Waals surface area contributed by atoms with Crippen LogP contribution in [0.15, 0.2) is 18.2 Å². The molecule has 0 saturated heterocycles. The lowest BCUT2D eigenvalue weighted by Crippen LogP contribution is -2.47. The smallest absolute Gasteiger partial charge is 0.328 e. The fourth-order valence-electron chi connectivity index (χ4n) is 1.24. The zero-order valence-electron chi connectivity index (χ0n) is 9.69. The summed E-state index contributed by atoms with van der Waals surface area (Å²) in [6.07, 6.45) is 0. The average Bonchev–Trinajstić information content (AvgIpc) is 2.34. The Morgan fingerprint density at radius 2 is 2.00 bits per heavy atom. The van der Waals surface area contributed by atoms with Gasteiger partial charge in [-0.3, -0.25) is 0 Å². The number of rotatable bonds is 5. The normalized spacial score (nSPS) is 11.7. The van der Waals surface area contributed by atoms with Gasteiger partial charge in [0.2, 0.25) is 0 Å². The molecule has 104 valence electrons. The van der Waals surface area contributed by atoms with Crippen molar-refractivity contribution in [3.05, 3.63) is 35.4 Å². The van der Waals surface area contributed by atoms with E-state index in [9.17, 15) is 18.4 Å². The highest BCUT2D eigenvalue weighted by atomic mass is 19.1. The summed E-state index contributed by atoms with van der Waals surface area (Å²) >= 11 is 0. The lowest BCUT2D eigenvalue weighted by Gasteiger charge is -2.12. The highest BCUT2D eigenvalue weighted by molar-refractivity contribution is 5.82. The fourth-order valence-corrected chi connectivity index (χ4v) is 1.24. The number of hydrogen-bond donors (Lipinski definition) is 4. The van der Waals surface area contributed by atoms with Gasteiger partial charge in [0.05, 0.1) is 6.61 Å². The van der Waals surface area contributed by atoms with Crippen LogP contribution in [0.25, 0.3) is 0 Å². The van der Waals surface area contributed by atoms with E-state index in [0.717, 1.165) is 12.1 Å². The second-order valence-electron chi connectivity index (χ2n) is 3.64. The number of halogens is 2. The lowest BCUT2D eigenvalue weighted by molar-refractivity contribution is -0.140. The first-order valence-electron chi connectivity index (χ1n) is 5.26. The van der Waals surface area contributed by atoms with Gasteiger partial charge in [0.15, 0.2) is 6.04 Å². The quantitative estimate of drug-likeness (QED) is 0.617. The molecule has 0 aliphatic rings. The molecular formula is C11H12F2N2O4. The van der Waals surface area contributed by atoms with Gasteiger partial charge < -0.3 is 20.8 Å². The van der Waals surface area contributed by atoms with Gasteiger partial charge in [-0.15, -0.1) is 0 Å². The van der Waals surface area contributed by atoms with Gasteiger partial charge in [-0.25, -0.2) is 18.4 Å². The standard InChI is InChI=1S/C11H12F2N2O4/c12-7-2-1-6(8(13)3-7)4-14-11(19)15-9(5-16)10(17)18/h1-3,9,16H,4-5H2,(H,17,18)(H2,14,15,19)/t9-/m0/s1. The molecule has 0 aliphatic carbocycles. The maximum absolute atomic E-state index is 13.2. The van der Waals surface area contributed by atoms with Crippen molar-refractivity contribution < 1.29 is 28.6 Å². The molecule has 2 amide bonds. The summed E-state index contributed by atoms with van der Waals surface area (Å²) in [5.41, 5.74) is 0.0485. The Hall–Kier alpha value is -2.22. The Kier molecular flexibility index (Phi) is 5.19. The molecule has 0 aromatic heterocycles. The molecule has 4 N–H and O–H groups in total. The molecule has 1 rings (SSSR count). The highest BCUT2D eigenvalue weighted by Gasteiger charge is 2.18. The first-order chi connectivity index (χ1) is 8.93. The molecule has 1 atom stereocenters. The monoisotopic (exact) mass is 274 g/mol. The van der Waals surface area contributed by atoms with Crippen molar-refractivity contribution in [2.75, 3.05) is 6.61 Å². The molecule has 6 nitrogen and oxygen atoms in total. The van der Waals surface area contributed by atoms with E-state index in [1.807, 2.05) is 5.32 Å². The summed E-state index contributed by atoms with van der Waals surface area (Å²) in [5, 5.41) is 21.4. The topological polar surface area (TPSA) is 98.7 Å². The van der Waals surface area contributed by atoms with Gasteiger partial charge in [-0.1, -0.05) is 6.07 Å². The van der Waals surface area contributed by atoms with Gasteiger partial charge in [0, 0.05) is 18.2 Å². The number of carboxylic acids is 1.